The third kappa shape index (κ3) is 1.50. The molecule has 1 N–H and O–H groups in total. The molecule has 1 aliphatic carbocycles. The van der Waals surface area contributed by atoms with Gasteiger partial charge < -0.3 is 9.84 Å². The molecule has 2 nitrogen and oxygen atoms in total. The van der Waals surface area contributed by atoms with Crippen LogP contribution < -0.4 is 0 Å². The lowest BCUT2D eigenvalue weighted by Crippen LogP contribution is -2.34. The van der Waals surface area contributed by atoms with Crippen LogP contribution in [-0.2, 0) is 4.74 Å². The SMILES string of the molecule is COC1CCCC(O)C1C. The van der Waals surface area contributed by atoms with Crippen LogP contribution in [-0.4, -0.2) is 24.4 Å². The Morgan fingerprint density at radius 2 is 2.10 bits per heavy atom. The van der Waals surface area contributed by atoms with Crippen molar-refractivity contribution < 1.29 is 9.84 Å². The van der Waals surface area contributed by atoms with Crippen LogP contribution in [0.2, 0.25) is 0 Å². The molecule has 0 amide bonds. The summed E-state index contributed by atoms with van der Waals surface area (Å²) in [6.07, 6.45) is 3.29. The van der Waals surface area contributed by atoms with E-state index in [1.54, 1.807) is 7.11 Å². The molecule has 0 heterocycles. The summed E-state index contributed by atoms with van der Waals surface area (Å²) in [4.78, 5) is 0. The summed E-state index contributed by atoms with van der Waals surface area (Å²) in [6, 6.07) is 0. The van der Waals surface area contributed by atoms with Gasteiger partial charge in [-0.25, -0.2) is 0 Å². The number of aliphatic hydroxyl groups is 1. The summed E-state index contributed by atoms with van der Waals surface area (Å²) in [7, 11) is 1.72. The van der Waals surface area contributed by atoms with E-state index >= 15 is 0 Å². The van der Waals surface area contributed by atoms with E-state index in [4.69, 9.17) is 4.74 Å². The van der Waals surface area contributed by atoms with Crippen molar-refractivity contribution in [2.24, 2.45) is 5.92 Å². The highest BCUT2D eigenvalue weighted by atomic mass is 16.5. The molecule has 1 aliphatic rings. The van der Waals surface area contributed by atoms with Gasteiger partial charge in [0.25, 0.3) is 0 Å². The van der Waals surface area contributed by atoms with Crippen molar-refractivity contribution in [1.82, 2.24) is 0 Å². The predicted molar refractivity (Wildman–Crippen MR) is 39.8 cm³/mol. The minimum absolute atomic E-state index is 0.140. The van der Waals surface area contributed by atoms with Gasteiger partial charge in [0.1, 0.15) is 0 Å². The lowest BCUT2D eigenvalue weighted by Gasteiger charge is -2.31. The highest BCUT2D eigenvalue weighted by molar-refractivity contribution is 4.78. The van der Waals surface area contributed by atoms with Gasteiger partial charge in [-0.2, -0.15) is 0 Å². The van der Waals surface area contributed by atoms with Gasteiger partial charge in [-0.3, -0.25) is 0 Å². The normalized spacial score (nSPS) is 41.7. The Bertz CT molecular complexity index is 103. The largest absolute Gasteiger partial charge is 0.393 e. The van der Waals surface area contributed by atoms with Gasteiger partial charge in [0.05, 0.1) is 12.2 Å². The molecular formula is C8H16O2. The van der Waals surface area contributed by atoms with Gasteiger partial charge in [0, 0.05) is 13.0 Å². The maximum absolute atomic E-state index is 9.40. The van der Waals surface area contributed by atoms with Gasteiger partial charge in [-0.15, -0.1) is 0 Å². The van der Waals surface area contributed by atoms with Gasteiger partial charge in [-0.1, -0.05) is 6.92 Å². The molecular weight excluding hydrogens is 128 g/mol. The molecule has 0 spiro atoms. The van der Waals surface area contributed by atoms with Gasteiger partial charge in [0.15, 0.2) is 0 Å². The predicted octanol–water partition coefficient (Wildman–Crippen LogP) is 1.18. The van der Waals surface area contributed by atoms with Crippen LogP contribution in [0.5, 0.6) is 0 Å². The Hall–Kier alpha value is -0.0800. The molecule has 0 radical (unpaired) electrons. The first kappa shape index (κ1) is 8.02. The minimum atomic E-state index is -0.140. The van der Waals surface area contributed by atoms with Crippen molar-refractivity contribution in [3.63, 3.8) is 0 Å². The molecule has 0 aromatic heterocycles. The van der Waals surface area contributed by atoms with E-state index in [9.17, 15) is 5.11 Å². The molecule has 1 saturated carbocycles. The number of ether oxygens (including phenoxy) is 1. The quantitative estimate of drug-likeness (QED) is 0.599. The molecule has 1 rings (SSSR count). The molecule has 0 aromatic rings. The number of hydrogen-bond acceptors (Lipinski definition) is 2. The second-order valence-corrected chi connectivity index (χ2v) is 3.13. The molecule has 60 valence electrons. The second-order valence-electron chi connectivity index (χ2n) is 3.13. The van der Waals surface area contributed by atoms with Crippen LogP contribution in [0.25, 0.3) is 0 Å². The molecule has 0 aliphatic heterocycles. The Kier molecular flexibility index (Phi) is 2.69. The van der Waals surface area contributed by atoms with E-state index in [0.717, 1.165) is 19.3 Å². The first-order valence-corrected chi connectivity index (χ1v) is 3.96. The fourth-order valence-electron chi connectivity index (χ4n) is 1.63. The monoisotopic (exact) mass is 144 g/mol. The Balaban J connectivity index is 2.42. The number of hydrogen-bond donors (Lipinski definition) is 1. The van der Waals surface area contributed by atoms with E-state index in [1.165, 1.54) is 0 Å². The zero-order valence-electron chi connectivity index (χ0n) is 6.71. The molecule has 0 saturated heterocycles. The topological polar surface area (TPSA) is 29.5 Å². The molecule has 0 bridgehead atoms. The standard InChI is InChI=1S/C8H16O2/c1-6-7(9)4-3-5-8(6)10-2/h6-9H,3-5H2,1-2H3. The summed E-state index contributed by atoms with van der Waals surface area (Å²) >= 11 is 0. The lowest BCUT2D eigenvalue weighted by molar-refractivity contribution is -0.0376. The molecule has 2 heteroatoms. The number of aliphatic hydroxyl groups excluding tert-OH is 1. The summed E-state index contributed by atoms with van der Waals surface area (Å²) in [5.74, 6) is 0.318. The first-order chi connectivity index (χ1) is 4.75. The number of rotatable bonds is 1. The van der Waals surface area contributed by atoms with Crippen molar-refractivity contribution in [2.45, 2.75) is 38.4 Å². The van der Waals surface area contributed by atoms with Gasteiger partial charge >= 0.3 is 0 Å². The van der Waals surface area contributed by atoms with Crippen molar-refractivity contribution >= 4 is 0 Å². The third-order valence-corrected chi connectivity index (χ3v) is 2.48. The van der Waals surface area contributed by atoms with Crippen LogP contribution in [0, 0.1) is 5.92 Å². The lowest BCUT2D eigenvalue weighted by atomic mass is 9.85. The van der Waals surface area contributed by atoms with Crippen LogP contribution in [0.15, 0.2) is 0 Å². The van der Waals surface area contributed by atoms with Crippen molar-refractivity contribution in [1.29, 1.82) is 0 Å². The maximum atomic E-state index is 9.40. The maximum Gasteiger partial charge on any atom is 0.0621 e. The fraction of sp³-hybridized carbons (Fsp3) is 1.00. The first-order valence-electron chi connectivity index (χ1n) is 3.96. The van der Waals surface area contributed by atoms with Crippen LogP contribution >= 0.6 is 0 Å². The molecule has 1 fully saturated rings. The molecule has 3 unspecified atom stereocenters. The summed E-state index contributed by atoms with van der Waals surface area (Å²) in [6.45, 7) is 2.05. The minimum Gasteiger partial charge on any atom is -0.393 e. The number of methoxy groups -OCH3 is 1. The van der Waals surface area contributed by atoms with Gasteiger partial charge in [-0.05, 0) is 19.3 Å². The zero-order valence-corrected chi connectivity index (χ0v) is 6.71. The Morgan fingerprint density at radius 1 is 1.40 bits per heavy atom. The van der Waals surface area contributed by atoms with E-state index in [0.29, 0.717) is 5.92 Å². The molecule has 0 aromatic carbocycles. The van der Waals surface area contributed by atoms with Crippen molar-refractivity contribution in [3.8, 4) is 0 Å². The van der Waals surface area contributed by atoms with Gasteiger partial charge in [0.2, 0.25) is 0 Å². The van der Waals surface area contributed by atoms with E-state index in [-0.39, 0.29) is 12.2 Å². The average Bonchev–Trinajstić information content (AvgIpc) is 1.95. The summed E-state index contributed by atoms with van der Waals surface area (Å²) in [5.41, 5.74) is 0. The fourth-order valence-corrected chi connectivity index (χ4v) is 1.63. The highest BCUT2D eigenvalue weighted by Gasteiger charge is 2.27. The van der Waals surface area contributed by atoms with Crippen LogP contribution in [0.4, 0.5) is 0 Å². The van der Waals surface area contributed by atoms with Crippen molar-refractivity contribution in [3.05, 3.63) is 0 Å². The molecule has 3 atom stereocenters. The Labute approximate surface area is 62.2 Å². The van der Waals surface area contributed by atoms with E-state index in [1.807, 2.05) is 0 Å². The van der Waals surface area contributed by atoms with E-state index in [2.05, 4.69) is 6.92 Å². The zero-order chi connectivity index (χ0) is 7.56. The third-order valence-electron chi connectivity index (χ3n) is 2.48. The Morgan fingerprint density at radius 3 is 2.60 bits per heavy atom. The average molecular weight is 144 g/mol. The summed E-state index contributed by atoms with van der Waals surface area (Å²) < 4.78 is 5.21. The second kappa shape index (κ2) is 3.35. The van der Waals surface area contributed by atoms with Crippen LogP contribution in [0.3, 0.4) is 0 Å². The van der Waals surface area contributed by atoms with Crippen molar-refractivity contribution in [2.75, 3.05) is 7.11 Å². The smallest absolute Gasteiger partial charge is 0.0621 e. The highest BCUT2D eigenvalue weighted by Crippen LogP contribution is 2.25. The van der Waals surface area contributed by atoms with Crippen LogP contribution in [0.1, 0.15) is 26.2 Å². The summed E-state index contributed by atoms with van der Waals surface area (Å²) in [5, 5.41) is 9.40. The molecule has 10 heavy (non-hydrogen) atoms. The van der Waals surface area contributed by atoms with E-state index < -0.39 is 0 Å².